The molecule has 0 spiro atoms. The van der Waals surface area contributed by atoms with Gasteiger partial charge in [0.2, 0.25) is 0 Å². The van der Waals surface area contributed by atoms with Crippen LogP contribution in [0.5, 0.6) is 0 Å². The van der Waals surface area contributed by atoms with Crippen LogP contribution in [0.15, 0.2) is 121 Å². The minimum absolute atomic E-state index is 0.00433. The molecule has 1 aromatic heterocycles. The van der Waals surface area contributed by atoms with Gasteiger partial charge < -0.3 is 19.9 Å². The number of aromatic nitrogens is 2. The second-order valence-electron chi connectivity index (χ2n) is 13.2. The number of fused-ring (bicyclic) bond motifs is 2. The predicted octanol–water partition coefficient (Wildman–Crippen LogP) is 7.69. The van der Waals surface area contributed by atoms with E-state index in [1.165, 1.54) is 22.5 Å². The van der Waals surface area contributed by atoms with Crippen LogP contribution in [0.3, 0.4) is 0 Å². The van der Waals surface area contributed by atoms with Crippen LogP contribution in [-0.4, -0.2) is 45.6 Å². The van der Waals surface area contributed by atoms with E-state index in [0.717, 1.165) is 27.8 Å². The van der Waals surface area contributed by atoms with E-state index in [1.54, 1.807) is 0 Å². The van der Waals surface area contributed by atoms with Gasteiger partial charge in [-0.15, -0.1) is 0 Å². The summed E-state index contributed by atoms with van der Waals surface area (Å²) in [6, 6.07) is 38.7. The van der Waals surface area contributed by atoms with Crippen molar-refractivity contribution in [3.63, 3.8) is 0 Å². The molecule has 0 radical (unpaired) electrons. The van der Waals surface area contributed by atoms with Crippen molar-refractivity contribution < 1.29 is 19.4 Å². The lowest BCUT2D eigenvalue weighted by Gasteiger charge is -2.43. The molecule has 1 fully saturated rings. The molecule has 8 nitrogen and oxygen atoms in total. The highest BCUT2D eigenvalue weighted by molar-refractivity contribution is 5.93. The molecule has 1 saturated heterocycles. The number of aliphatic hydroxyl groups excluding tert-OH is 1. The van der Waals surface area contributed by atoms with E-state index >= 15 is 0 Å². The van der Waals surface area contributed by atoms with E-state index in [4.69, 9.17) is 9.47 Å². The number of carbonyl (C=O) groups excluding carboxylic acids is 1. The molecular formula is C42H42N4O4. The van der Waals surface area contributed by atoms with Crippen LogP contribution in [0.1, 0.15) is 70.6 Å². The molecule has 0 bridgehead atoms. The summed E-state index contributed by atoms with van der Waals surface area (Å²) in [5.41, 5.74) is 6.73. The Bertz CT molecular complexity index is 2090. The average molecular weight is 667 g/mol. The van der Waals surface area contributed by atoms with Crippen molar-refractivity contribution >= 4 is 27.7 Å². The topological polar surface area (TPSA) is 96.8 Å². The van der Waals surface area contributed by atoms with Crippen molar-refractivity contribution in [3.8, 4) is 0 Å². The molecular weight excluding hydrogens is 624 g/mol. The molecule has 2 N–H and O–H groups in total. The number of ether oxygens (including phenoxy) is 2. The van der Waals surface area contributed by atoms with Gasteiger partial charge in [0.1, 0.15) is 5.69 Å². The third-order valence-corrected chi connectivity index (χ3v) is 9.89. The van der Waals surface area contributed by atoms with E-state index in [2.05, 4.69) is 83.5 Å². The molecule has 5 unspecified atom stereocenters. The first kappa shape index (κ1) is 33.5. The zero-order chi connectivity index (χ0) is 34.6. The summed E-state index contributed by atoms with van der Waals surface area (Å²) in [5, 5.41) is 15.1. The summed E-state index contributed by atoms with van der Waals surface area (Å²) >= 11 is 0. The van der Waals surface area contributed by atoms with E-state index in [1.807, 2.05) is 72.8 Å². The highest BCUT2D eigenvalue weighted by atomic mass is 16.7. The Hall–Kier alpha value is -4.99. The number of hydrogen-bond acceptors (Lipinski definition) is 7. The number of hydrogen-bond donors (Lipinski definition) is 2. The monoisotopic (exact) mass is 666 g/mol. The van der Waals surface area contributed by atoms with Crippen LogP contribution in [0.2, 0.25) is 0 Å². The fourth-order valence-electron chi connectivity index (χ4n) is 6.62. The summed E-state index contributed by atoms with van der Waals surface area (Å²) < 4.78 is 13.4. The van der Waals surface area contributed by atoms with Gasteiger partial charge in [0.15, 0.2) is 6.29 Å². The van der Waals surface area contributed by atoms with Gasteiger partial charge in [-0.2, -0.15) is 0 Å². The Morgan fingerprint density at radius 2 is 1.52 bits per heavy atom. The second kappa shape index (κ2) is 14.9. The van der Waals surface area contributed by atoms with Gasteiger partial charge in [0.05, 0.1) is 36.0 Å². The second-order valence-corrected chi connectivity index (χ2v) is 13.2. The van der Waals surface area contributed by atoms with Gasteiger partial charge in [0.25, 0.3) is 5.91 Å². The Labute approximate surface area is 292 Å². The number of aliphatic hydroxyl groups is 1. The molecule has 0 saturated carbocycles. The first-order valence-electron chi connectivity index (χ1n) is 17.1. The van der Waals surface area contributed by atoms with Crippen LogP contribution < -0.4 is 5.32 Å². The predicted molar refractivity (Wildman–Crippen MR) is 195 cm³/mol. The molecule has 0 aliphatic carbocycles. The molecule has 7 rings (SSSR count). The molecule has 1 aliphatic heterocycles. The van der Waals surface area contributed by atoms with Crippen LogP contribution in [0.4, 0.5) is 0 Å². The lowest BCUT2D eigenvalue weighted by molar-refractivity contribution is -0.276. The zero-order valence-corrected chi connectivity index (χ0v) is 28.6. The van der Waals surface area contributed by atoms with E-state index in [-0.39, 0.29) is 42.4 Å². The van der Waals surface area contributed by atoms with Crippen molar-refractivity contribution in [2.45, 2.75) is 51.5 Å². The first-order valence-corrected chi connectivity index (χ1v) is 17.1. The summed E-state index contributed by atoms with van der Waals surface area (Å²) in [4.78, 5) is 24.0. The number of rotatable bonds is 10. The standard InChI is InChI=1S/C42H42N4O4/c1-27-39(25-46(3)28(2)34-21-20-31-8-4-5-9-35(31)22-34)49-42(50-40(27)32-16-14-30(26-47)15-17-32)33-18-12-29(13-19-33)23-44-41(48)38-24-43-36-10-6-7-11-37(36)45-38/h4-22,24,27-28,39-40,42,47H,23,25-26H2,1-3H3,(H,44,48). The number of para-hydroxylation sites is 2. The molecule has 1 aliphatic rings. The summed E-state index contributed by atoms with van der Waals surface area (Å²) in [7, 11) is 2.15. The van der Waals surface area contributed by atoms with E-state index in [9.17, 15) is 9.90 Å². The summed E-state index contributed by atoms with van der Waals surface area (Å²) in [5.74, 6) is -0.217. The molecule has 5 atom stereocenters. The molecule has 1 amide bonds. The number of amides is 1. The van der Waals surface area contributed by atoms with Crippen molar-refractivity contribution in [1.82, 2.24) is 20.2 Å². The fraction of sp³-hybridized carbons (Fsp3) is 0.262. The van der Waals surface area contributed by atoms with Crippen LogP contribution in [0.25, 0.3) is 21.8 Å². The largest absolute Gasteiger partial charge is 0.392 e. The maximum atomic E-state index is 12.9. The van der Waals surface area contributed by atoms with Crippen molar-refractivity contribution in [1.29, 1.82) is 0 Å². The molecule has 50 heavy (non-hydrogen) atoms. The van der Waals surface area contributed by atoms with Crippen LogP contribution >= 0.6 is 0 Å². The molecule has 8 heteroatoms. The fourth-order valence-corrected chi connectivity index (χ4v) is 6.62. The summed E-state index contributed by atoms with van der Waals surface area (Å²) in [6.07, 6.45) is 0.590. The SMILES string of the molecule is CC1C(CN(C)C(C)c2ccc3ccccc3c2)OC(c2ccc(CNC(=O)c3cnc4ccccc4n3)cc2)OC1c1ccc(CO)cc1. The quantitative estimate of drug-likeness (QED) is 0.155. The molecule has 254 valence electrons. The molecule has 5 aromatic carbocycles. The van der Waals surface area contributed by atoms with Gasteiger partial charge >= 0.3 is 0 Å². The summed E-state index contributed by atoms with van der Waals surface area (Å²) in [6.45, 7) is 5.47. The van der Waals surface area contributed by atoms with Gasteiger partial charge in [0, 0.05) is 30.6 Å². The number of nitrogens with one attached hydrogen (secondary N) is 1. The van der Waals surface area contributed by atoms with Crippen molar-refractivity contribution in [2.24, 2.45) is 5.92 Å². The Balaban J connectivity index is 1.07. The molecule has 2 heterocycles. The lowest BCUT2D eigenvalue weighted by atomic mass is 9.89. The Morgan fingerprint density at radius 1 is 0.840 bits per heavy atom. The normalized spacial score (nSPS) is 19.9. The number of likely N-dealkylation sites (N-methyl/N-ethyl adjacent to an activating group) is 1. The van der Waals surface area contributed by atoms with Crippen LogP contribution in [0, 0.1) is 5.92 Å². The highest BCUT2D eigenvalue weighted by Crippen LogP contribution is 2.42. The van der Waals surface area contributed by atoms with Crippen LogP contribution in [-0.2, 0) is 22.6 Å². The number of nitrogens with zero attached hydrogens (tertiary/aromatic N) is 3. The van der Waals surface area contributed by atoms with Crippen molar-refractivity contribution in [3.05, 3.63) is 155 Å². The van der Waals surface area contributed by atoms with Gasteiger partial charge in [-0.1, -0.05) is 104 Å². The van der Waals surface area contributed by atoms with Gasteiger partial charge in [-0.05, 0) is 65.2 Å². The number of benzene rings is 5. The Morgan fingerprint density at radius 3 is 2.28 bits per heavy atom. The third-order valence-electron chi connectivity index (χ3n) is 9.89. The van der Waals surface area contributed by atoms with Crippen molar-refractivity contribution in [2.75, 3.05) is 13.6 Å². The minimum atomic E-state index is -0.584. The number of carbonyl (C=O) groups is 1. The molecule has 6 aromatic rings. The minimum Gasteiger partial charge on any atom is -0.392 e. The maximum Gasteiger partial charge on any atom is 0.271 e. The first-order chi connectivity index (χ1) is 24.4. The van der Waals surface area contributed by atoms with Gasteiger partial charge in [-0.25, -0.2) is 4.98 Å². The zero-order valence-electron chi connectivity index (χ0n) is 28.6. The smallest absolute Gasteiger partial charge is 0.271 e. The van der Waals surface area contributed by atoms with E-state index < -0.39 is 6.29 Å². The average Bonchev–Trinajstić information content (AvgIpc) is 3.17. The maximum absolute atomic E-state index is 12.9. The lowest BCUT2D eigenvalue weighted by Crippen LogP contribution is -2.44. The third kappa shape index (κ3) is 7.29. The highest BCUT2D eigenvalue weighted by Gasteiger charge is 2.39. The Kier molecular flexibility index (Phi) is 9.96. The van der Waals surface area contributed by atoms with E-state index in [0.29, 0.717) is 18.6 Å². The van der Waals surface area contributed by atoms with Gasteiger partial charge in [-0.3, -0.25) is 14.7 Å².